The summed E-state index contributed by atoms with van der Waals surface area (Å²) in [5.41, 5.74) is 0.953. The molecule has 0 saturated heterocycles. The van der Waals surface area contributed by atoms with Gasteiger partial charge in [-0.3, -0.25) is 9.20 Å². The Bertz CT molecular complexity index is 898. The maximum Gasteiger partial charge on any atom is 0.255 e. The van der Waals surface area contributed by atoms with E-state index in [4.69, 9.17) is 9.47 Å². The molecule has 8 nitrogen and oxygen atoms in total. The van der Waals surface area contributed by atoms with E-state index in [1.807, 2.05) is 24.4 Å². The number of aromatic nitrogens is 4. The monoisotopic (exact) mass is 343 g/mol. The Balaban J connectivity index is 1.32. The Kier molecular flexibility index (Phi) is 3.91. The summed E-state index contributed by atoms with van der Waals surface area (Å²) in [5.74, 6) is 2.12. The fourth-order valence-corrected chi connectivity index (χ4v) is 3.00. The molecule has 1 aromatic carbocycles. The quantitative estimate of drug-likeness (QED) is 0.697. The molecule has 0 radical (unpaired) electrons. The van der Waals surface area contributed by atoms with Gasteiger partial charge in [0.05, 0.1) is 5.75 Å². The van der Waals surface area contributed by atoms with Gasteiger partial charge in [-0.25, -0.2) is 4.98 Å². The van der Waals surface area contributed by atoms with Crippen LogP contribution >= 0.6 is 11.8 Å². The van der Waals surface area contributed by atoms with Crippen molar-refractivity contribution < 1.29 is 14.3 Å². The van der Waals surface area contributed by atoms with E-state index < -0.39 is 0 Å². The van der Waals surface area contributed by atoms with Gasteiger partial charge in [0.1, 0.15) is 0 Å². The van der Waals surface area contributed by atoms with Crippen LogP contribution in [-0.2, 0) is 11.3 Å². The van der Waals surface area contributed by atoms with Crippen LogP contribution in [0.4, 0.5) is 0 Å². The number of carbonyl (C=O) groups is 1. The molecule has 3 aromatic rings. The summed E-state index contributed by atoms with van der Waals surface area (Å²) < 4.78 is 12.3. The zero-order valence-corrected chi connectivity index (χ0v) is 13.3. The van der Waals surface area contributed by atoms with E-state index in [2.05, 4.69) is 20.5 Å². The molecule has 122 valence electrons. The van der Waals surface area contributed by atoms with Crippen LogP contribution in [0, 0.1) is 0 Å². The van der Waals surface area contributed by atoms with Crippen LogP contribution in [0.3, 0.4) is 0 Å². The zero-order valence-electron chi connectivity index (χ0n) is 12.5. The second-order valence-corrected chi connectivity index (χ2v) is 5.97. The fraction of sp³-hybridized carbons (Fsp3) is 0.200. The number of nitrogens with one attached hydrogen (secondary N) is 1. The highest BCUT2D eigenvalue weighted by molar-refractivity contribution is 7.99. The van der Waals surface area contributed by atoms with Crippen LogP contribution in [0.25, 0.3) is 5.78 Å². The van der Waals surface area contributed by atoms with Crippen LogP contribution in [0.2, 0.25) is 0 Å². The van der Waals surface area contributed by atoms with Crippen molar-refractivity contribution in [2.45, 2.75) is 11.7 Å². The Hall–Kier alpha value is -2.81. The van der Waals surface area contributed by atoms with Crippen LogP contribution in [-0.4, -0.2) is 38.0 Å². The molecule has 1 aliphatic heterocycles. The molecule has 1 amide bonds. The van der Waals surface area contributed by atoms with Gasteiger partial charge in [0.15, 0.2) is 16.7 Å². The summed E-state index contributed by atoms with van der Waals surface area (Å²) in [5, 5.41) is 11.5. The number of hydrogen-bond acceptors (Lipinski definition) is 7. The van der Waals surface area contributed by atoms with E-state index in [0.29, 0.717) is 23.2 Å². The molecule has 0 unspecified atom stereocenters. The highest BCUT2D eigenvalue weighted by Gasteiger charge is 2.14. The molecule has 0 atom stereocenters. The van der Waals surface area contributed by atoms with Crippen LogP contribution < -0.4 is 14.8 Å². The molecule has 1 aliphatic rings. The molecule has 9 heteroatoms. The standard InChI is InChI=1S/C15H13N5O3S/c21-13(8-24-15-19-18-14-16-4-1-5-20(14)15)17-7-10-2-3-11-12(6-10)23-9-22-11/h1-6H,7-9H2,(H,17,21). The van der Waals surface area contributed by atoms with Gasteiger partial charge in [0.25, 0.3) is 5.78 Å². The first-order valence-corrected chi connectivity index (χ1v) is 8.22. The van der Waals surface area contributed by atoms with E-state index >= 15 is 0 Å². The van der Waals surface area contributed by atoms with Crippen molar-refractivity contribution in [3.63, 3.8) is 0 Å². The molecule has 0 aliphatic carbocycles. The lowest BCUT2D eigenvalue weighted by Crippen LogP contribution is -2.24. The summed E-state index contributed by atoms with van der Waals surface area (Å²) in [6.45, 7) is 0.668. The Morgan fingerprint density at radius 3 is 3.17 bits per heavy atom. The number of nitrogens with zero attached hydrogens (tertiary/aromatic N) is 4. The number of rotatable bonds is 5. The first-order chi connectivity index (χ1) is 11.8. The highest BCUT2D eigenvalue weighted by Crippen LogP contribution is 2.32. The number of thioether (sulfide) groups is 1. The van der Waals surface area contributed by atoms with E-state index in [-0.39, 0.29) is 18.5 Å². The van der Waals surface area contributed by atoms with Gasteiger partial charge in [-0.05, 0) is 23.8 Å². The van der Waals surface area contributed by atoms with E-state index in [1.54, 1.807) is 16.7 Å². The van der Waals surface area contributed by atoms with Crippen LogP contribution in [0.1, 0.15) is 5.56 Å². The second kappa shape index (κ2) is 6.36. The van der Waals surface area contributed by atoms with Crippen molar-refractivity contribution in [2.75, 3.05) is 12.5 Å². The third-order valence-corrected chi connectivity index (χ3v) is 4.36. The third-order valence-electron chi connectivity index (χ3n) is 3.42. The number of hydrogen-bond donors (Lipinski definition) is 1. The molecule has 0 bridgehead atoms. The van der Waals surface area contributed by atoms with Crippen molar-refractivity contribution in [1.82, 2.24) is 24.9 Å². The molecule has 0 saturated carbocycles. The molecule has 0 spiro atoms. The largest absolute Gasteiger partial charge is 0.454 e. The average molecular weight is 343 g/mol. The lowest BCUT2D eigenvalue weighted by Gasteiger charge is -2.06. The maximum absolute atomic E-state index is 12.0. The summed E-state index contributed by atoms with van der Waals surface area (Å²) >= 11 is 1.31. The summed E-state index contributed by atoms with van der Waals surface area (Å²) in [4.78, 5) is 16.1. The molecular formula is C15H13N5O3S. The minimum Gasteiger partial charge on any atom is -0.454 e. The van der Waals surface area contributed by atoms with Crippen molar-refractivity contribution >= 4 is 23.4 Å². The van der Waals surface area contributed by atoms with Crippen LogP contribution in [0.15, 0.2) is 41.8 Å². The van der Waals surface area contributed by atoms with E-state index in [1.165, 1.54) is 11.8 Å². The van der Waals surface area contributed by atoms with Gasteiger partial charge in [-0.1, -0.05) is 17.8 Å². The maximum atomic E-state index is 12.0. The molecule has 4 rings (SSSR count). The number of fused-ring (bicyclic) bond motifs is 2. The second-order valence-electron chi connectivity index (χ2n) is 5.03. The fourth-order valence-electron chi connectivity index (χ4n) is 2.25. The average Bonchev–Trinajstić information content (AvgIpc) is 3.24. The molecule has 1 N–H and O–H groups in total. The first-order valence-electron chi connectivity index (χ1n) is 7.23. The van der Waals surface area contributed by atoms with Crippen LogP contribution in [0.5, 0.6) is 11.5 Å². The van der Waals surface area contributed by atoms with Crippen molar-refractivity contribution in [2.24, 2.45) is 0 Å². The predicted octanol–water partition coefficient (Wildman–Crippen LogP) is 1.26. The molecular weight excluding hydrogens is 330 g/mol. The zero-order chi connectivity index (χ0) is 16.4. The Morgan fingerprint density at radius 2 is 2.21 bits per heavy atom. The third kappa shape index (κ3) is 2.98. The number of ether oxygens (including phenoxy) is 2. The van der Waals surface area contributed by atoms with Gasteiger partial charge in [0, 0.05) is 18.9 Å². The van der Waals surface area contributed by atoms with Gasteiger partial charge in [-0.2, -0.15) is 0 Å². The SMILES string of the molecule is O=C(CSc1nnc2ncccn12)NCc1ccc2c(c1)OCO2. The van der Waals surface area contributed by atoms with Gasteiger partial charge < -0.3 is 14.8 Å². The number of amides is 1. The number of benzene rings is 1. The normalized spacial score (nSPS) is 12.5. The lowest BCUT2D eigenvalue weighted by atomic mass is 10.2. The highest BCUT2D eigenvalue weighted by atomic mass is 32.2. The number of carbonyl (C=O) groups excluding carboxylic acids is 1. The van der Waals surface area contributed by atoms with Crippen molar-refractivity contribution in [3.8, 4) is 11.5 Å². The van der Waals surface area contributed by atoms with Crippen molar-refractivity contribution in [1.29, 1.82) is 0 Å². The molecule has 3 heterocycles. The lowest BCUT2D eigenvalue weighted by molar-refractivity contribution is -0.118. The summed E-state index contributed by atoms with van der Waals surface area (Å²) in [6.07, 6.45) is 3.46. The smallest absolute Gasteiger partial charge is 0.255 e. The Morgan fingerprint density at radius 1 is 1.29 bits per heavy atom. The first kappa shape index (κ1) is 14.8. The van der Waals surface area contributed by atoms with Gasteiger partial charge in [-0.15, -0.1) is 10.2 Å². The minimum absolute atomic E-state index is 0.0849. The van der Waals surface area contributed by atoms with E-state index in [9.17, 15) is 4.79 Å². The molecule has 0 fully saturated rings. The summed E-state index contributed by atoms with van der Waals surface area (Å²) in [7, 11) is 0. The van der Waals surface area contributed by atoms with Crippen molar-refractivity contribution in [3.05, 3.63) is 42.2 Å². The Labute approximate surface area is 141 Å². The molecule has 2 aromatic heterocycles. The van der Waals surface area contributed by atoms with Gasteiger partial charge >= 0.3 is 0 Å². The minimum atomic E-state index is -0.0849. The topological polar surface area (TPSA) is 90.6 Å². The molecule has 24 heavy (non-hydrogen) atoms. The van der Waals surface area contributed by atoms with E-state index in [0.717, 1.165) is 11.3 Å². The predicted molar refractivity (Wildman–Crippen MR) is 85.9 cm³/mol. The summed E-state index contributed by atoms with van der Waals surface area (Å²) in [6, 6.07) is 7.40. The van der Waals surface area contributed by atoms with Gasteiger partial charge in [0.2, 0.25) is 12.7 Å².